The third-order valence-electron chi connectivity index (χ3n) is 4.42. The number of rotatable bonds is 6. The standard InChI is InChI=1S/C24H18N6O3/c31-19(16-10-4-1-5-11-16)25-22-28-23(26-20(32)17-12-6-2-7-13-17)30-24(29-22)27-21(33)18-14-8-3-9-15-18/h1-15H,(H3,25,26,27,28,29,30,31,32,33). The largest absolute Gasteiger partial charge is 0.290 e. The monoisotopic (exact) mass is 438 g/mol. The van der Waals surface area contributed by atoms with Gasteiger partial charge in [-0.2, -0.15) is 15.0 Å². The van der Waals surface area contributed by atoms with Gasteiger partial charge in [0.15, 0.2) is 0 Å². The van der Waals surface area contributed by atoms with Crippen molar-refractivity contribution in [3.05, 3.63) is 108 Å². The summed E-state index contributed by atoms with van der Waals surface area (Å²) in [5.41, 5.74) is 1.17. The van der Waals surface area contributed by atoms with Crippen LogP contribution in [0.2, 0.25) is 0 Å². The van der Waals surface area contributed by atoms with Gasteiger partial charge < -0.3 is 0 Å². The van der Waals surface area contributed by atoms with E-state index in [2.05, 4.69) is 30.9 Å². The lowest BCUT2D eigenvalue weighted by Gasteiger charge is -2.10. The van der Waals surface area contributed by atoms with Crippen LogP contribution in [0.4, 0.5) is 17.8 Å². The Morgan fingerprint density at radius 1 is 0.424 bits per heavy atom. The zero-order valence-corrected chi connectivity index (χ0v) is 17.2. The first-order valence-electron chi connectivity index (χ1n) is 9.94. The molecule has 9 nitrogen and oxygen atoms in total. The molecule has 4 rings (SSSR count). The van der Waals surface area contributed by atoms with E-state index in [1.54, 1.807) is 91.0 Å². The van der Waals surface area contributed by atoms with Crippen molar-refractivity contribution in [1.29, 1.82) is 0 Å². The van der Waals surface area contributed by atoms with E-state index in [0.717, 1.165) is 0 Å². The molecule has 0 atom stereocenters. The maximum atomic E-state index is 12.5. The highest BCUT2D eigenvalue weighted by molar-refractivity contribution is 6.06. The fourth-order valence-corrected chi connectivity index (χ4v) is 2.83. The number of hydrogen-bond donors (Lipinski definition) is 3. The predicted molar refractivity (Wildman–Crippen MR) is 123 cm³/mol. The maximum absolute atomic E-state index is 12.5. The van der Waals surface area contributed by atoms with Crippen LogP contribution in [0.1, 0.15) is 31.1 Å². The normalized spacial score (nSPS) is 10.2. The van der Waals surface area contributed by atoms with Crippen LogP contribution in [-0.4, -0.2) is 32.7 Å². The first kappa shape index (κ1) is 21.3. The van der Waals surface area contributed by atoms with Gasteiger partial charge in [0.2, 0.25) is 17.8 Å². The van der Waals surface area contributed by atoms with Gasteiger partial charge in [-0.15, -0.1) is 0 Å². The summed E-state index contributed by atoms with van der Waals surface area (Å²) in [6.45, 7) is 0. The van der Waals surface area contributed by atoms with Crippen molar-refractivity contribution < 1.29 is 14.4 Å². The Labute approximate surface area is 188 Å². The number of hydrogen-bond acceptors (Lipinski definition) is 6. The van der Waals surface area contributed by atoms with Crippen molar-refractivity contribution in [3.63, 3.8) is 0 Å². The van der Waals surface area contributed by atoms with Crippen molar-refractivity contribution in [2.45, 2.75) is 0 Å². The van der Waals surface area contributed by atoms with Crippen LogP contribution in [0.5, 0.6) is 0 Å². The van der Waals surface area contributed by atoms with E-state index < -0.39 is 17.7 Å². The number of aromatic nitrogens is 3. The number of nitrogens with one attached hydrogen (secondary N) is 3. The Balaban J connectivity index is 1.61. The van der Waals surface area contributed by atoms with Crippen LogP contribution in [0.25, 0.3) is 0 Å². The SMILES string of the molecule is O=C(Nc1nc(NC(=O)c2ccccc2)nc(NC(=O)c2ccccc2)n1)c1ccccc1. The van der Waals surface area contributed by atoms with E-state index >= 15 is 0 Å². The van der Waals surface area contributed by atoms with Crippen LogP contribution in [0.3, 0.4) is 0 Å². The van der Waals surface area contributed by atoms with Gasteiger partial charge in [0.1, 0.15) is 0 Å². The van der Waals surface area contributed by atoms with E-state index in [0.29, 0.717) is 16.7 Å². The zero-order valence-electron chi connectivity index (χ0n) is 17.2. The van der Waals surface area contributed by atoms with Crippen molar-refractivity contribution in [2.75, 3.05) is 16.0 Å². The molecule has 0 radical (unpaired) electrons. The summed E-state index contributed by atoms with van der Waals surface area (Å²) in [5.74, 6) is -1.77. The molecule has 1 heterocycles. The molecule has 1 aromatic heterocycles. The zero-order chi connectivity index (χ0) is 23.0. The first-order valence-corrected chi connectivity index (χ1v) is 9.94. The molecule has 0 aliphatic carbocycles. The highest BCUT2D eigenvalue weighted by Crippen LogP contribution is 2.13. The van der Waals surface area contributed by atoms with Gasteiger partial charge in [-0.25, -0.2) is 0 Å². The lowest BCUT2D eigenvalue weighted by molar-refractivity contribution is 0.101. The predicted octanol–water partition coefficient (Wildman–Crippen LogP) is 3.63. The van der Waals surface area contributed by atoms with Crippen molar-refractivity contribution in [1.82, 2.24) is 15.0 Å². The van der Waals surface area contributed by atoms with Crippen molar-refractivity contribution in [2.24, 2.45) is 0 Å². The molecule has 0 saturated heterocycles. The molecule has 3 amide bonds. The summed E-state index contributed by atoms with van der Waals surface area (Å²) >= 11 is 0. The second-order valence-corrected chi connectivity index (χ2v) is 6.77. The van der Waals surface area contributed by atoms with Gasteiger partial charge >= 0.3 is 0 Å². The first-order chi connectivity index (χ1) is 16.1. The van der Waals surface area contributed by atoms with Crippen molar-refractivity contribution in [3.8, 4) is 0 Å². The Morgan fingerprint density at radius 2 is 0.667 bits per heavy atom. The minimum Gasteiger partial charge on any atom is -0.290 e. The third kappa shape index (κ3) is 5.61. The van der Waals surface area contributed by atoms with Gasteiger partial charge in [-0.1, -0.05) is 54.6 Å². The molecule has 9 heteroatoms. The van der Waals surface area contributed by atoms with Gasteiger partial charge in [-0.3, -0.25) is 30.3 Å². The summed E-state index contributed by atoms with van der Waals surface area (Å²) < 4.78 is 0. The number of nitrogens with zero attached hydrogens (tertiary/aromatic N) is 3. The van der Waals surface area contributed by atoms with Gasteiger partial charge in [0.25, 0.3) is 17.7 Å². The molecule has 0 saturated carbocycles. The third-order valence-corrected chi connectivity index (χ3v) is 4.42. The Morgan fingerprint density at radius 3 is 0.909 bits per heavy atom. The number of benzene rings is 3. The minimum atomic E-state index is -0.456. The fraction of sp³-hybridized carbons (Fsp3) is 0. The van der Waals surface area contributed by atoms with Crippen LogP contribution in [0, 0.1) is 0 Å². The quantitative estimate of drug-likeness (QED) is 0.422. The molecule has 0 spiro atoms. The fourth-order valence-electron chi connectivity index (χ4n) is 2.83. The summed E-state index contributed by atoms with van der Waals surface area (Å²) in [6, 6.07) is 25.5. The maximum Gasteiger partial charge on any atom is 0.258 e. The molecule has 0 unspecified atom stereocenters. The smallest absolute Gasteiger partial charge is 0.258 e. The Hall–Kier alpha value is -4.92. The van der Waals surface area contributed by atoms with Crippen molar-refractivity contribution >= 4 is 35.6 Å². The molecule has 3 aromatic carbocycles. The average molecular weight is 438 g/mol. The molecular weight excluding hydrogens is 420 g/mol. The van der Waals surface area contributed by atoms with E-state index in [1.165, 1.54) is 0 Å². The molecule has 33 heavy (non-hydrogen) atoms. The molecule has 0 aliphatic heterocycles. The highest BCUT2D eigenvalue weighted by atomic mass is 16.2. The van der Waals surface area contributed by atoms with Gasteiger partial charge in [0, 0.05) is 16.7 Å². The summed E-state index contributed by atoms with van der Waals surface area (Å²) in [5, 5.41) is 7.68. The second-order valence-electron chi connectivity index (χ2n) is 6.77. The van der Waals surface area contributed by atoms with Gasteiger partial charge in [-0.05, 0) is 36.4 Å². The average Bonchev–Trinajstić information content (AvgIpc) is 2.85. The van der Waals surface area contributed by atoms with Crippen LogP contribution < -0.4 is 16.0 Å². The minimum absolute atomic E-state index is 0.134. The number of anilines is 3. The van der Waals surface area contributed by atoms with Crippen LogP contribution >= 0.6 is 0 Å². The molecule has 0 bridgehead atoms. The molecular formula is C24H18N6O3. The molecule has 0 aliphatic rings. The molecule has 4 aromatic rings. The van der Waals surface area contributed by atoms with Crippen LogP contribution in [0.15, 0.2) is 91.0 Å². The van der Waals surface area contributed by atoms with E-state index in [9.17, 15) is 14.4 Å². The molecule has 0 fully saturated rings. The Bertz CT molecular complexity index is 1110. The summed E-state index contributed by atoms with van der Waals surface area (Å²) in [6.07, 6.45) is 0. The Kier molecular flexibility index (Phi) is 6.41. The lowest BCUT2D eigenvalue weighted by Crippen LogP contribution is -2.21. The number of carbonyl (C=O) groups is 3. The molecule has 162 valence electrons. The number of carbonyl (C=O) groups excluding carboxylic acids is 3. The van der Waals surface area contributed by atoms with E-state index in [1.807, 2.05) is 0 Å². The number of amides is 3. The van der Waals surface area contributed by atoms with E-state index in [4.69, 9.17) is 0 Å². The van der Waals surface area contributed by atoms with Gasteiger partial charge in [0.05, 0.1) is 0 Å². The summed E-state index contributed by atoms with van der Waals surface area (Å²) in [4.78, 5) is 49.9. The molecule has 3 N–H and O–H groups in total. The second kappa shape index (κ2) is 9.92. The van der Waals surface area contributed by atoms with E-state index in [-0.39, 0.29) is 17.8 Å². The highest BCUT2D eigenvalue weighted by Gasteiger charge is 2.15. The lowest BCUT2D eigenvalue weighted by atomic mass is 10.2. The van der Waals surface area contributed by atoms with Crippen LogP contribution in [-0.2, 0) is 0 Å². The summed E-state index contributed by atoms with van der Waals surface area (Å²) in [7, 11) is 0. The topological polar surface area (TPSA) is 126 Å².